The molecule has 11 nitrogen and oxygen atoms in total. The molecule has 1 amide bonds. The summed E-state index contributed by atoms with van der Waals surface area (Å²) in [4.78, 5) is 21.6. The summed E-state index contributed by atoms with van der Waals surface area (Å²) in [6.45, 7) is 0. The normalized spacial score (nSPS) is 16.1. The molecular formula is C29H32N6O5. The molecule has 0 spiro atoms. The van der Waals surface area contributed by atoms with E-state index in [4.69, 9.17) is 30.4 Å². The third-order valence-corrected chi connectivity index (χ3v) is 7.07. The number of amides is 1. The van der Waals surface area contributed by atoms with Gasteiger partial charge in [0.2, 0.25) is 5.95 Å². The molecule has 2 aromatic carbocycles. The number of rotatable bonds is 9. The van der Waals surface area contributed by atoms with E-state index in [0.29, 0.717) is 52.3 Å². The molecule has 1 aromatic heterocycles. The highest BCUT2D eigenvalue weighted by Gasteiger charge is 2.41. The number of carbonyl (C=O) groups excluding carboxylic acids is 1. The minimum atomic E-state index is -0.254. The van der Waals surface area contributed by atoms with Crippen LogP contribution in [0.3, 0.4) is 0 Å². The Bertz CT molecular complexity index is 1500. The Morgan fingerprint density at radius 1 is 1.00 bits per heavy atom. The molecule has 1 atom stereocenters. The van der Waals surface area contributed by atoms with Crippen LogP contribution in [0.25, 0.3) is 6.08 Å². The smallest absolute Gasteiger partial charge is 0.267 e. The number of nitrogens with two attached hydrogens (primary N) is 2. The third kappa shape index (κ3) is 5.22. The van der Waals surface area contributed by atoms with Crippen molar-refractivity contribution in [1.29, 1.82) is 0 Å². The van der Waals surface area contributed by atoms with Crippen LogP contribution in [0.1, 0.15) is 46.7 Å². The summed E-state index contributed by atoms with van der Waals surface area (Å²) in [7, 11) is 6.31. The summed E-state index contributed by atoms with van der Waals surface area (Å²) in [6.07, 6.45) is 8.97. The van der Waals surface area contributed by atoms with Crippen molar-refractivity contribution in [1.82, 2.24) is 15.0 Å². The number of hydrazone groups is 1. The molecule has 0 radical (unpaired) electrons. The number of aromatic nitrogens is 2. The summed E-state index contributed by atoms with van der Waals surface area (Å²) >= 11 is 0. The zero-order chi connectivity index (χ0) is 28.4. The van der Waals surface area contributed by atoms with E-state index in [9.17, 15) is 4.79 Å². The Hall–Kier alpha value is -4.80. The number of carbonyl (C=O) groups is 1. The second kappa shape index (κ2) is 11.1. The van der Waals surface area contributed by atoms with Gasteiger partial charge in [-0.25, -0.2) is 9.99 Å². The van der Waals surface area contributed by atoms with E-state index < -0.39 is 0 Å². The maximum absolute atomic E-state index is 13.6. The van der Waals surface area contributed by atoms with Gasteiger partial charge in [0.1, 0.15) is 5.82 Å². The van der Waals surface area contributed by atoms with Gasteiger partial charge in [0.15, 0.2) is 23.0 Å². The van der Waals surface area contributed by atoms with Crippen LogP contribution in [0, 0.1) is 5.92 Å². The Kier molecular flexibility index (Phi) is 7.45. The molecule has 1 aliphatic carbocycles. The van der Waals surface area contributed by atoms with Gasteiger partial charge in [-0.15, -0.1) is 0 Å². The maximum Gasteiger partial charge on any atom is 0.267 e. The number of hydrogen-bond donors (Lipinski definition) is 2. The molecule has 2 aliphatic rings. The Morgan fingerprint density at radius 2 is 1.73 bits per heavy atom. The Morgan fingerprint density at radius 3 is 2.38 bits per heavy atom. The van der Waals surface area contributed by atoms with E-state index in [1.165, 1.54) is 6.08 Å². The molecule has 1 unspecified atom stereocenters. The summed E-state index contributed by atoms with van der Waals surface area (Å²) in [5, 5.41) is 6.08. The van der Waals surface area contributed by atoms with Crippen molar-refractivity contribution < 1.29 is 23.7 Å². The summed E-state index contributed by atoms with van der Waals surface area (Å²) in [6, 6.07) is 7.39. The highest BCUT2D eigenvalue weighted by molar-refractivity contribution is 5.95. The summed E-state index contributed by atoms with van der Waals surface area (Å²) < 4.78 is 22.2. The predicted octanol–water partition coefficient (Wildman–Crippen LogP) is 3.61. The van der Waals surface area contributed by atoms with Crippen molar-refractivity contribution in [2.24, 2.45) is 11.0 Å². The van der Waals surface area contributed by atoms with E-state index in [-0.39, 0.29) is 17.9 Å². The van der Waals surface area contributed by atoms with Gasteiger partial charge in [-0.1, -0.05) is 0 Å². The molecule has 4 N–H and O–H groups in total. The van der Waals surface area contributed by atoms with Crippen LogP contribution in [0.5, 0.6) is 23.0 Å². The number of nitrogens with zero attached hydrogens (tertiary/aromatic N) is 4. The van der Waals surface area contributed by atoms with Gasteiger partial charge in [-0.2, -0.15) is 10.1 Å². The maximum atomic E-state index is 13.6. The number of benzene rings is 2. The first-order valence-corrected chi connectivity index (χ1v) is 12.8. The van der Waals surface area contributed by atoms with Crippen LogP contribution in [0.4, 0.5) is 11.8 Å². The predicted molar refractivity (Wildman–Crippen MR) is 152 cm³/mol. The number of fused-ring (bicyclic) bond motifs is 1. The number of methoxy groups -OCH3 is 4. The SMILES string of the molecule is COc1cc2c(cc1OC)C(C1CC1)N(C(=O)/C=C/c1cc(Cc3cnc(N)nc3N)cc(OC)c1OC)N=C2. The molecule has 0 bridgehead atoms. The van der Waals surface area contributed by atoms with Crippen LogP contribution in [0.2, 0.25) is 0 Å². The van der Waals surface area contributed by atoms with Crippen LogP contribution in [-0.2, 0) is 11.2 Å². The van der Waals surface area contributed by atoms with Crippen molar-refractivity contribution in [2.75, 3.05) is 39.9 Å². The van der Waals surface area contributed by atoms with E-state index in [1.54, 1.807) is 51.9 Å². The second-order valence-corrected chi connectivity index (χ2v) is 9.62. The fourth-order valence-electron chi connectivity index (χ4n) is 4.97. The van der Waals surface area contributed by atoms with Crippen molar-refractivity contribution >= 4 is 30.0 Å². The van der Waals surface area contributed by atoms with Crippen molar-refractivity contribution in [3.05, 3.63) is 64.4 Å². The summed E-state index contributed by atoms with van der Waals surface area (Å²) in [5.41, 5.74) is 15.8. The molecule has 1 aliphatic heterocycles. The number of anilines is 2. The van der Waals surface area contributed by atoms with Crippen LogP contribution >= 0.6 is 0 Å². The van der Waals surface area contributed by atoms with Gasteiger partial charge < -0.3 is 30.4 Å². The molecular weight excluding hydrogens is 512 g/mol. The quantitative estimate of drug-likeness (QED) is 0.386. The van der Waals surface area contributed by atoms with Crippen LogP contribution in [-0.4, -0.2) is 55.5 Å². The zero-order valence-electron chi connectivity index (χ0n) is 22.9. The average molecular weight is 545 g/mol. The van der Waals surface area contributed by atoms with Crippen LogP contribution < -0.4 is 30.4 Å². The molecule has 40 heavy (non-hydrogen) atoms. The Labute approximate surface area is 232 Å². The lowest BCUT2D eigenvalue weighted by Crippen LogP contribution is -2.33. The van der Waals surface area contributed by atoms with Crippen molar-refractivity contribution in [3.63, 3.8) is 0 Å². The van der Waals surface area contributed by atoms with Gasteiger partial charge in [-0.3, -0.25) is 4.79 Å². The molecule has 11 heteroatoms. The van der Waals surface area contributed by atoms with E-state index >= 15 is 0 Å². The monoisotopic (exact) mass is 544 g/mol. The van der Waals surface area contributed by atoms with E-state index in [0.717, 1.165) is 29.5 Å². The topological polar surface area (TPSA) is 147 Å². The van der Waals surface area contributed by atoms with Crippen molar-refractivity contribution in [3.8, 4) is 23.0 Å². The first kappa shape index (κ1) is 26.8. The number of ether oxygens (including phenoxy) is 4. The lowest BCUT2D eigenvalue weighted by Gasteiger charge is -2.32. The Balaban J connectivity index is 1.46. The van der Waals surface area contributed by atoms with Gasteiger partial charge in [0, 0.05) is 35.4 Å². The lowest BCUT2D eigenvalue weighted by molar-refractivity contribution is -0.129. The van der Waals surface area contributed by atoms with E-state index in [1.807, 2.05) is 24.3 Å². The fourth-order valence-corrected chi connectivity index (χ4v) is 4.97. The molecule has 1 saturated carbocycles. The van der Waals surface area contributed by atoms with E-state index in [2.05, 4.69) is 15.1 Å². The minimum absolute atomic E-state index is 0.112. The lowest BCUT2D eigenvalue weighted by atomic mass is 9.94. The molecule has 5 rings (SSSR count). The number of hydrogen-bond acceptors (Lipinski definition) is 10. The van der Waals surface area contributed by atoms with Gasteiger partial charge in [0.25, 0.3) is 5.91 Å². The fraction of sp³-hybridized carbons (Fsp3) is 0.310. The summed E-state index contributed by atoms with van der Waals surface area (Å²) in [5.74, 6) is 2.73. The van der Waals surface area contributed by atoms with Crippen molar-refractivity contribution in [2.45, 2.75) is 25.3 Å². The minimum Gasteiger partial charge on any atom is -0.493 e. The standard InChI is InChI=1S/C29H32N6O5/c1-37-22-12-19-15-33-35(26(17-5-6-17)21(19)13-23(22)38-2)25(36)8-7-18-9-16(11-24(39-3)27(18)40-4)10-20-14-32-29(31)34-28(20)30/h7-9,11-15,17,26H,5-6,10H2,1-4H3,(H4,30,31,32,34)/b8-7+. The van der Waals surface area contributed by atoms with Gasteiger partial charge >= 0.3 is 0 Å². The first-order valence-electron chi connectivity index (χ1n) is 12.8. The molecule has 2 heterocycles. The van der Waals surface area contributed by atoms with Gasteiger partial charge in [-0.05, 0) is 60.2 Å². The molecule has 208 valence electrons. The zero-order valence-corrected chi connectivity index (χ0v) is 22.9. The third-order valence-electron chi connectivity index (χ3n) is 7.07. The van der Waals surface area contributed by atoms with Gasteiger partial charge in [0.05, 0.1) is 40.7 Å². The highest BCUT2D eigenvalue weighted by atomic mass is 16.5. The van der Waals surface area contributed by atoms with Crippen LogP contribution in [0.15, 0.2) is 41.6 Å². The first-order chi connectivity index (χ1) is 19.4. The largest absolute Gasteiger partial charge is 0.493 e. The average Bonchev–Trinajstić information content (AvgIpc) is 3.81. The molecule has 3 aromatic rings. The molecule has 1 fully saturated rings. The highest BCUT2D eigenvalue weighted by Crippen LogP contribution is 2.48. The molecule has 0 saturated heterocycles. The second-order valence-electron chi connectivity index (χ2n) is 9.62. The number of nitrogen functional groups attached to an aromatic ring is 2.